The summed E-state index contributed by atoms with van der Waals surface area (Å²) in [6.45, 7) is 1.96. The Hall–Kier alpha value is -5.02. The predicted octanol–water partition coefficient (Wildman–Crippen LogP) is 9.35. The molecular weight excluding hydrogens is 464 g/mol. The Morgan fingerprint density at radius 3 is 1.66 bits per heavy atom. The van der Waals surface area contributed by atoms with E-state index in [1.807, 2.05) is 43.3 Å². The van der Waals surface area contributed by atoms with Gasteiger partial charge in [-0.05, 0) is 77.7 Å². The van der Waals surface area contributed by atoms with Crippen LogP contribution in [-0.2, 0) is 0 Å². The van der Waals surface area contributed by atoms with Gasteiger partial charge >= 0.3 is 0 Å². The van der Waals surface area contributed by atoms with Gasteiger partial charge in [-0.1, -0.05) is 78.9 Å². The summed E-state index contributed by atoms with van der Waals surface area (Å²) >= 11 is 0. The maximum atomic E-state index is 6.04. The van der Waals surface area contributed by atoms with Crippen molar-refractivity contribution in [2.45, 2.75) is 6.92 Å². The van der Waals surface area contributed by atoms with E-state index in [0.29, 0.717) is 0 Å². The SMILES string of the molecule is Cc1nc(-c2cc(-c3ccccc3)cc(-c3ccccc3)c2)cc(-c2ccc3oc4ccccc4c3c2)n1. The summed E-state index contributed by atoms with van der Waals surface area (Å²) in [4.78, 5) is 9.69. The lowest BCUT2D eigenvalue weighted by Gasteiger charge is -2.12. The molecule has 0 atom stereocenters. The van der Waals surface area contributed by atoms with Gasteiger partial charge in [0.2, 0.25) is 0 Å². The summed E-state index contributed by atoms with van der Waals surface area (Å²) in [6, 6.07) is 44.2. The maximum Gasteiger partial charge on any atom is 0.135 e. The second-order valence-corrected chi connectivity index (χ2v) is 9.53. The van der Waals surface area contributed by atoms with Crippen molar-refractivity contribution < 1.29 is 4.42 Å². The molecule has 180 valence electrons. The molecule has 0 fully saturated rings. The second-order valence-electron chi connectivity index (χ2n) is 9.53. The molecule has 5 aromatic carbocycles. The molecule has 0 unspecified atom stereocenters. The van der Waals surface area contributed by atoms with Gasteiger partial charge in [-0.15, -0.1) is 0 Å². The van der Waals surface area contributed by atoms with Crippen LogP contribution in [0.2, 0.25) is 0 Å². The molecule has 3 heteroatoms. The number of hydrogen-bond acceptors (Lipinski definition) is 3. The van der Waals surface area contributed by atoms with Crippen molar-refractivity contribution in [1.82, 2.24) is 9.97 Å². The average molecular weight is 489 g/mol. The number of para-hydroxylation sites is 1. The van der Waals surface area contributed by atoms with E-state index in [1.165, 1.54) is 11.1 Å². The van der Waals surface area contributed by atoms with Crippen LogP contribution in [0.3, 0.4) is 0 Å². The summed E-state index contributed by atoms with van der Waals surface area (Å²) in [5, 5.41) is 2.20. The van der Waals surface area contributed by atoms with Gasteiger partial charge in [0.05, 0.1) is 11.4 Å². The predicted molar refractivity (Wildman–Crippen MR) is 156 cm³/mol. The summed E-state index contributed by atoms with van der Waals surface area (Å²) < 4.78 is 6.04. The third-order valence-corrected chi connectivity index (χ3v) is 6.95. The summed E-state index contributed by atoms with van der Waals surface area (Å²) in [7, 11) is 0. The highest BCUT2D eigenvalue weighted by atomic mass is 16.3. The van der Waals surface area contributed by atoms with Crippen LogP contribution >= 0.6 is 0 Å². The normalized spacial score (nSPS) is 11.3. The molecule has 0 radical (unpaired) electrons. The van der Waals surface area contributed by atoms with E-state index < -0.39 is 0 Å². The zero-order valence-corrected chi connectivity index (χ0v) is 20.9. The fraction of sp³-hybridized carbons (Fsp3) is 0.0286. The molecule has 0 aliphatic rings. The van der Waals surface area contributed by atoms with Crippen molar-refractivity contribution in [3.63, 3.8) is 0 Å². The van der Waals surface area contributed by atoms with E-state index >= 15 is 0 Å². The molecule has 2 heterocycles. The molecule has 0 N–H and O–H groups in total. The number of rotatable bonds is 4. The molecule has 3 nitrogen and oxygen atoms in total. The molecule has 0 spiro atoms. The topological polar surface area (TPSA) is 38.9 Å². The number of fused-ring (bicyclic) bond motifs is 3. The number of furan rings is 1. The van der Waals surface area contributed by atoms with Crippen molar-refractivity contribution in [2.24, 2.45) is 0 Å². The van der Waals surface area contributed by atoms with Crippen molar-refractivity contribution in [2.75, 3.05) is 0 Å². The van der Waals surface area contributed by atoms with Crippen LogP contribution in [0.25, 0.3) is 66.7 Å². The Labute approximate surface area is 221 Å². The van der Waals surface area contributed by atoms with Crippen LogP contribution in [0.15, 0.2) is 132 Å². The minimum Gasteiger partial charge on any atom is -0.456 e. The molecule has 0 amide bonds. The van der Waals surface area contributed by atoms with Crippen LogP contribution in [0.1, 0.15) is 5.82 Å². The molecule has 0 saturated carbocycles. The fourth-order valence-corrected chi connectivity index (χ4v) is 5.12. The molecule has 0 aliphatic carbocycles. The van der Waals surface area contributed by atoms with Gasteiger partial charge in [0.1, 0.15) is 17.0 Å². The van der Waals surface area contributed by atoms with E-state index in [0.717, 1.165) is 61.4 Å². The number of aromatic nitrogens is 2. The first-order valence-corrected chi connectivity index (χ1v) is 12.7. The first-order chi connectivity index (χ1) is 18.7. The molecule has 7 rings (SSSR count). The monoisotopic (exact) mass is 488 g/mol. The van der Waals surface area contributed by atoms with Gasteiger partial charge in [-0.25, -0.2) is 9.97 Å². The van der Waals surface area contributed by atoms with Crippen LogP contribution in [-0.4, -0.2) is 9.97 Å². The molecule has 0 bridgehead atoms. The lowest BCUT2D eigenvalue weighted by molar-refractivity contribution is 0.669. The Balaban J connectivity index is 1.39. The molecule has 38 heavy (non-hydrogen) atoms. The van der Waals surface area contributed by atoms with Crippen molar-refractivity contribution >= 4 is 21.9 Å². The standard InChI is InChI=1S/C35H24N2O/c1-23-36-32(26-16-17-35-31(21-26)30-14-8-9-15-34(30)38-35)22-33(37-23)29-19-27(24-10-4-2-5-11-24)18-28(20-29)25-12-6-3-7-13-25/h2-22H,1H3. The number of aryl methyl sites for hydroxylation is 1. The summed E-state index contributed by atoms with van der Waals surface area (Å²) in [6.07, 6.45) is 0. The molecule has 0 aliphatic heterocycles. The van der Waals surface area contributed by atoms with Crippen LogP contribution in [0.5, 0.6) is 0 Å². The van der Waals surface area contributed by atoms with Crippen LogP contribution in [0, 0.1) is 6.92 Å². The van der Waals surface area contributed by atoms with E-state index in [-0.39, 0.29) is 0 Å². The van der Waals surface area contributed by atoms with Crippen LogP contribution in [0.4, 0.5) is 0 Å². The first-order valence-electron chi connectivity index (χ1n) is 12.7. The smallest absolute Gasteiger partial charge is 0.135 e. The zero-order chi connectivity index (χ0) is 25.5. The lowest BCUT2D eigenvalue weighted by atomic mass is 9.94. The quantitative estimate of drug-likeness (QED) is 0.248. The summed E-state index contributed by atoms with van der Waals surface area (Å²) in [5.41, 5.74) is 10.3. The van der Waals surface area contributed by atoms with Gasteiger partial charge in [-0.2, -0.15) is 0 Å². The molecule has 7 aromatic rings. The minimum atomic E-state index is 0.737. The molecule has 0 saturated heterocycles. The second kappa shape index (κ2) is 9.13. The van der Waals surface area contributed by atoms with Gasteiger partial charge in [0.25, 0.3) is 0 Å². The highest BCUT2D eigenvalue weighted by Crippen LogP contribution is 2.35. The first kappa shape index (κ1) is 22.2. The Morgan fingerprint density at radius 2 is 0.974 bits per heavy atom. The Bertz CT molecular complexity index is 1860. The number of benzene rings is 5. The van der Waals surface area contributed by atoms with E-state index in [1.54, 1.807) is 0 Å². The minimum absolute atomic E-state index is 0.737. The van der Waals surface area contributed by atoms with E-state index in [9.17, 15) is 0 Å². The average Bonchev–Trinajstić information content (AvgIpc) is 3.35. The third-order valence-electron chi connectivity index (χ3n) is 6.95. The van der Waals surface area contributed by atoms with Gasteiger partial charge in [-0.3, -0.25) is 0 Å². The van der Waals surface area contributed by atoms with Gasteiger partial charge in [0, 0.05) is 21.9 Å². The van der Waals surface area contributed by atoms with Crippen LogP contribution < -0.4 is 0 Å². The molecular formula is C35H24N2O. The molecule has 2 aromatic heterocycles. The van der Waals surface area contributed by atoms with Crippen molar-refractivity contribution in [1.29, 1.82) is 0 Å². The van der Waals surface area contributed by atoms with E-state index in [2.05, 4.69) is 91.0 Å². The number of hydrogen-bond donors (Lipinski definition) is 0. The van der Waals surface area contributed by atoms with Crippen molar-refractivity contribution in [3.8, 4) is 44.8 Å². The van der Waals surface area contributed by atoms with E-state index in [4.69, 9.17) is 14.4 Å². The number of nitrogens with zero attached hydrogens (tertiary/aromatic N) is 2. The fourth-order valence-electron chi connectivity index (χ4n) is 5.12. The third kappa shape index (κ3) is 4.04. The summed E-state index contributed by atoms with van der Waals surface area (Å²) in [5.74, 6) is 0.737. The highest BCUT2D eigenvalue weighted by Gasteiger charge is 2.13. The zero-order valence-electron chi connectivity index (χ0n) is 20.9. The van der Waals surface area contributed by atoms with Gasteiger partial charge < -0.3 is 4.42 Å². The Kier molecular flexibility index (Phi) is 5.33. The Morgan fingerprint density at radius 1 is 0.421 bits per heavy atom. The highest BCUT2D eigenvalue weighted by molar-refractivity contribution is 6.06. The van der Waals surface area contributed by atoms with Gasteiger partial charge in [0.15, 0.2) is 0 Å². The largest absolute Gasteiger partial charge is 0.456 e. The van der Waals surface area contributed by atoms with Crippen molar-refractivity contribution in [3.05, 3.63) is 133 Å². The lowest BCUT2D eigenvalue weighted by Crippen LogP contribution is -1.95. The maximum absolute atomic E-state index is 6.04.